The molecule has 7 nitrogen and oxygen atoms in total. The number of halogens is 1. The van der Waals surface area contributed by atoms with E-state index in [0.29, 0.717) is 36.0 Å². The van der Waals surface area contributed by atoms with E-state index in [2.05, 4.69) is 5.16 Å². The van der Waals surface area contributed by atoms with Gasteiger partial charge in [-0.2, -0.15) is 0 Å². The number of carbonyl (C=O) groups excluding carboxylic acids is 2. The van der Waals surface area contributed by atoms with Crippen molar-refractivity contribution < 1.29 is 23.3 Å². The Balaban J connectivity index is 1.32. The van der Waals surface area contributed by atoms with Gasteiger partial charge in [-0.05, 0) is 37.1 Å². The van der Waals surface area contributed by atoms with Gasteiger partial charge in [-0.15, -0.1) is 0 Å². The maximum Gasteiger partial charge on any atom is 0.311 e. The van der Waals surface area contributed by atoms with Crippen molar-refractivity contribution in [3.8, 4) is 11.3 Å². The zero-order valence-corrected chi connectivity index (χ0v) is 16.3. The van der Waals surface area contributed by atoms with Crippen LogP contribution < -0.4 is 0 Å². The van der Waals surface area contributed by atoms with Gasteiger partial charge in [0.1, 0.15) is 5.69 Å². The summed E-state index contributed by atoms with van der Waals surface area (Å²) in [4.78, 5) is 26.5. The summed E-state index contributed by atoms with van der Waals surface area (Å²) in [5.74, 6) is -0.221. The van der Waals surface area contributed by atoms with Crippen LogP contribution in [0, 0.1) is 5.92 Å². The molecule has 1 saturated heterocycles. The van der Waals surface area contributed by atoms with E-state index in [4.69, 9.17) is 25.3 Å². The number of aromatic nitrogens is 1. The van der Waals surface area contributed by atoms with E-state index < -0.39 is 0 Å². The molecule has 2 aromatic heterocycles. The van der Waals surface area contributed by atoms with Crippen LogP contribution in [0.15, 0.2) is 57.7 Å². The third-order valence-electron chi connectivity index (χ3n) is 4.83. The number of ether oxygens (including phenoxy) is 1. The minimum absolute atomic E-state index is 0.0119. The van der Waals surface area contributed by atoms with Crippen LogP contribution >= 0.6 is 11.6 Å². The molecule has 1 atom stereocenters. The van der Waals surface area contributed by atoms with Crippen molar-refractivity contribution in [2.75, 3.05) is 13.1 Å². The number of hydrogen-bond donors (Lipinski definition) is 0. The van der Waals surface area contributed by atoms with Gasteiger partial charge in [0, 0.05) is 29.7 Å². The molecular formula is C21H19ClN2O5. The molecule has 29 heavy (non-hydrogen) atoms. The van der Waals surface area contributed by atoms with Gasteiger partial charge in [0.15, 0.2) is 18.1 Å². The Morgan fingerprint density at radius 1 is 1.24 bits per heavy atom. The van der Waals surface area contributed by atoms with Gasteiger partial charge in [0.25, 0.3) is 5.91 Å². The predicted molar refractivity (Wildman–Crippen MR) is 104 cm³/mol. The zero-order valence-electron chi connectivity index (χ0n) is 15.5. The fraction of sp³-hybridized carbons (Fsp3) is 0.286. The summed E-state index contributed by atoms with van der Waals surface area (Å²) in [6, 6.07) is 12.2. The number of nitrogens with zero attached hydrogens (tertiary/aromatic N) is 2. The average Bonchev–Trinajstić information content (AvgIpc) is 3.44. The quantitative estimate of drug-likeness (QED) is 0.582. The average molecular weight is 415 g/mol. The molecule has 0 aliphatic carbocycles. The van der Waals surface area contributed by atoms with Crippen molar-refractivity contribution >= 4 is 23.5 Å². The molecule has 0 radical (unpaired) electrons. The van der Waals surface area contributed by atoms with Gasteiger partial charge < -0.3 is 18.6 Å². The molecule has 1 amide bonds. The van der Waals surface area contributed by atoms with E-state index in [9.17, 15) is 9.59 Å². The van der Waals surface area contributed by atoms with Crippen LogP contribution in [-0.4, -0.2) is 35.0 Å². The van der Waals surface area contributed by atoms with Crippen LogP contribution in [0.3, 0.4) is 0 Å². The van der Waals surface area contributed by atoms with E-state index in [1.165, 1.54) is 6.26 Å². The van der Waals surface area contributed by atoms with E-state index >= 15 is 0 Å². The van der Waals surface area contributed by atoms with Crippen LogP contribution in [0.25, 0.3) is 11.3 Å². The molecule has 1 aliphatic heterocycles. The minimum atomic E-state index is -0.374. The summed E-state index contributed by atoms with van der Waals surface area (Å²) in [7, 11) is 0. The Kier molecular flexibility index (Phi) is 5.67. The lowest BCUT2D eigenvalue weighted by Crippen LogP contribution is -2.42. The lowest BCUT2D eigenvalue weighted by molar-refractivity contribution is -0.152. The largest absolute Gasteiger partial charge is 0.459 e. The molecule has 3 heterocycles. The molecule has 3 aromatic rings. The molecule has 1 aliphatic rings. The summed E-state index contributed by atoms with van der Waals surface area (Å²) in [6.07, 6.45) is 2.86. The Bertz CT molecular complexity index is 981. The van der Waals surface area contributed by atoms with Gasteiger partial charge in [-0.25, -0.2) is 0 Å². The summed E-state index contributed by atoms with van der Waals surface area (Å²) >= 11 is 5.89. The SMILES string of the molecule is O=C(OCc1cc(-c2ccc(Cl)cc2)no1)[C@H]1CCCN(C(=O)c2ccco2)C1. The molecule has 150 valence electrons. The van der Waals surface area contributed by atoms with E-state index in [0.717, 1.165) is 12.0 Å². The highest BCUT2D eigenvalue weighted by Gasteiger charge is 2.31. The summed E-state index contributed by atoms with van der Waals surface area (Å²) < 4.78 is 15.8. The highest BCUT2D eigenvalue weighted by Crippen LogP contribution is 2.23. The summed E-state index contributed by atoms with van der Waals surface area (Å²) in [5, 5.41) is 4.64. The summed E-state index contributed by atoms with van der Waals surface area (Å²) in [6.45, 7) is 0.892. The van der Waals surface area contributed by atoms with Crippen LogP contribution in [0.4, 0.5) is 0 Å². The first-order chi connectivity index (χ1) is 14.1. The molecular weight excluding hydrogens is 396 g/mol. The minimum Gasteiger partial charge on any atom is -0.459 e. The van der Waals surface area contributed by atoms with E-state index in [1.807, 2.05) is 12.1 Å². The number of esters is 1. The lowest BCUT2D eigenvalue weighted by atomic mass is 9.98. The second-order valence-corrected chi connectivity index (χ2v) is 7.30. The summed E-state index contributed by atoms with van der Waals surface area (Å²) in [5.41, 5.74) is 1.50. The molecule has 1 fully saturated rings. The van der Waals surface area contributed by atoms with E-state index in [-0.39, 0.29) is 30.2 Å². The number of carbonyl (C=O) groups is 2. The van der Waals surface area contributed by atoms with Crippen molar-refractivity contribution in [2.45, 2.75) is 19.4 Å². The van der Waals surface area contributed by atoms with Gasteiger partial charge in [-0.3, -0.25) is 9.59 Å². The van der Waals surface area contributed by atoms with Gasteiger partial charge in [-0.1, -0.05) is 28.9 Å². The van der Waals surface area contributed by atoms with Crippen LogP contribution in [0.5, 0.6) is 0 Å². The van der Waals surface area contributed by atoms with Crippen molar-refractivity contribution in [3.05, 3.63) is 65.3 Å². The second kappa shape index (κ2) is 8.53. The van der Waals surface area contributed by atoms with Gasteiger partial charge in [0.2, 0.25) is 0 Å². The first-order valence-corrected chi connectivity index (χ1v) is 9.69. The predicted octanol–water partition coefficient (Wildman–Crippen LogP) is 4.18. The fourth-order valence-electron chi connectivity index (χ4n) is 3.31. The first kappa shape index (κ1) is 19.3. The molecule has 4 rings (SSSR count). The van der Waals surface area contributed by atoms with Gasteiger partial charge in [0.05, 0.1) is 12.2 Å². The third-order valence-corrected chi connectivity index (χ3v) is 5.08. The van der Waals surface area contributed by atoms with Crippen LogP contribution in [0.2, 0.25) is 5.02 Å². The number of piperidine rings is 1. The van der Waals surface area contributed by atoms with Crippen LogP contribution in [0.1, 0.15) is 29.2 Å². The lowest BCUT2D eigenvalue weighted by Gasteiger charge is -2.30. The molecule has 0 spiro atoms. The highest BCUT2D eigenvalue weighted by atomic mass is 35.5. The monoisotopic (exact) mass is 414 g/mol. The normalized spacial score (nSPS) is 16.6. The number of amides is 1. The Morgan fingerprint density at radius 3 is 2.83 bits per heavy atom. The molecule has 0 saturated carbocycles. The van der Waals surface area contributed by atoms with Crippen molar-refractivity contribution in [1.82, 2.24) is 10.1 Å². The Labute approximate surface area is 172 Å². The topological polar surface area (TPSA) is 85.8 Å². The number of likely N-dealkylation sites (tertiary alicyclic amines) is 1. The number of benzene rings is 1. The highest BCUT2D eigenvalue weighted by molar-refractivity contribution is 6.30. The second-order valence-electron chi connectivity index (χ2n) is 6.86. The fourth-order valence-corrected chi connectivity index (χ4v) is 3.43. The number of rotatable bonds is 5. The Hall–Kier alpha value is -3.06. The van der Waals surface area contributed by atoms with Gasteiger partial charge >= 0.3 is 5.97 Å². The van der Waals surface area contributed by atoms with Crippen molar-refractivity contribution in [3.63, 3.8) is 0 Å². The van der Waals surface area contributed by atoms with Crippen molar-refractivity contribution in [1.29, 1.82) is 0 Å². The smallest absolute Gasteiger partial charge is 0.311 e. The Morgan fingerprint density at radius 2 is 2.07 bits per heavy atom. The maximum absolute atomic E-state index is 12.5. The third kappa shape index (κ3) is 4.51. The van der Waals surface area contributed by atoms with Crippen molar-refractivity contribution in [2.24, 2.45) is 5.92 Å². The molecule has 1 aromatic carbocycles. The standard InChI is InChI=1S/C21H19ClN2O5/c22-16-7-5-14(6-8-16)18-11-17(29-23-18)13-28-21(26)15-3-1-9-24(12-15)20(25)19-4-2-10-27-19/h2,4-8,10-11,15H,1,3,9,12-13H2/t15-/m0/s1. The number of furan rings is 1. The number of hydrogen-bond acceptors (Lipinski definition) is 6. The molecule has 0 N–H and O–H groups in total. The molecule has 0 unspecified atom stereocenters. The maximum atomic E-state index is 12.5. The molecule has 8 heteroatoms. The van der Waals surface area contributed by atoms with E-state index in [1.54, 1.807) is 35.2 Å². The van der Waals surface area contributed by atoms with Crippen LogP contribution in [-0.2, 0) is 16.1 Å². The first-order valence-electron chi connectivity index (χ1n) is 9.31. The molecule has 0 bridgehead atoms. The zero-order chi connectivity index (χ0) is 20.2.